The standard InChI is InChI=1S/C12H26O2Si/c1-12(2,3)15(4,5)14-11-9-7-6-8-10(11)13/h10-11,13H,6-9H2,1-5H3. The maximum atomic E-state index is 9.90. The van der Waals surface area contributed by atoms with E-state index in [0.717, 1.165) is 19.3 Å². The summed E-state index contributed by atoms with van der Waals surface area (Å²) in [5.41, 5.74) is 0. The number of rotatable bonds is 2. The average Bonchev–Trinajstić information content (AvgIpc) is 2.06. The zero-order chi connectivity index (χ0) is 11.7. The SMILES string of the molecule is CC(C)(C)[Si](C)(C)OC1CCCCC1O. The Morgan fingerprint density at radius 2 is 1.67 bits per heavy atom. The molecule has 15 heavy (non-hydrogen) atoms. The molecular weight excluding hydrogens is 204 g/mol. The van der Waals surface area contributed by atoms with Crippen molar-refractivity contribution in [2.75, 3.05) is 0 Å². The lowest BCUT2D eigenvalue weighted by Crippen LogP contribution is -2.47. The van der Waals surface area contributed by atoms with Crippen molar-refractivity contribution in [3.8, 4) is 0 Å². The van der Waals surface area contributed by atoms with Gasteiger partial charge in [0.05, 0.1) is 12.2 Å². The molecule has 1 N–H and O–H groups in total. The zero-order valence-corrected chi connectivity index (χ0v) is 11.8. The van der Waals surface area contributed by atoms with Crippen molar-refractivity contribution in [1.82, 2.24) is 0 Å². The summed E-state index contributed by atoms with van der Waals surface area (Å²) in [7, 11) is -1.69. The van der Waals surface area contributed by atoms with Crippen molar-refractivity contribution < 1.29 is 9.53 Å². The van der Waals surface area contributed by atoms with Gasteiger partial charge in [-0.3, -0.25) is 0 Å². The first-order valence-electron chi connectivity index (χ1n) is 6.10. The highest BCUT2D eigenvalue weighted by Gasteiger charge is 2.40. The van der Waals surface area contributed by atoms with Crippen molar-refractivity contribution in [2.45, 2.75) is 76.8 Å². The molecule has 2 atom stereocenters. The normalized spacial score (nSPS) is 29.2. The Labute approximate surface area is 95.2 Å². The van der Waals surface area contributed by atoms with E-state index in [1.54, 1.807) is 0 Å². The molecule has 0 saturated heterocycles. The third-order valence-corrected chi connectivity index (χ3v) is 8.42. The molecule has 2 nitrogen and oxygen atoms in total. The summed E-state index contributed by atoms with van der Waals surface area (Å²) in [6.07, 6.45) is 4.18. The quantitative estimate of drug-likeness (QED) is 0.738. The van der Waals surface area contributed by atoms with Gasteiger partial charge in [0.25, 0.3) is 0 Å². The Balaban J connectivity index is 2.59. The molecule has 90 valence electrons. The Bertz CT molecular complexity index is 208. The molecule has 2 unspecified atom stereocenters. The molecule has 0 aromatic rings. The van der Waals surface area contributed by atoms with Gasteiger partial charge in [0.1, 0.15) is 0 Å². The Hall–Kier alpha value is 0.137. The second kappa shape index (κ2) is 4.56. The van der Waals surface area contributed by atoms with Crippen molar-refractivity contribution >= 4 is 8.32 Å². The van der Waals surface area contributed by atoms with E-state index in [1.165, 1.54) is 6.42 Å². The lowest BCUT2D eigenvalue weighted by atomic mass is 9.95. The summed E-state index contributed by atoms with van der Waals surface area (Å²) in [6.45, 7) is 11.2. The van der Waals surface area contributed by atoms with Gasteiger partial charge in [-0.25, -0.2) is 0 Å². The van der Waals surface area contributed by atoms with E-state index < -0.39 is 8.32 Å². The van der Waals surface area contributed by atoms with E-state index in [-0.39, 0.29) is 17.2 Å². The maximum absolute atomic E-state index is 9.90. The lowest BCUT2D eigenvalue weighted by Gasteiger charge is -2.41. The fraction of sp³-hybridized carbons (Fsp3) is 1.00. The molecule has 1 rings (SSSR count). The number of aliphatic hydroxyl groups is 1. The minimum Gasteiger partial charge on any atom is -0.411 e. The zero-order valence-electron chi connectivity index (χ0n) is 10.8. The Morgan fingerprint density at radius 3 is 2.13 bits per heavy atom. The summed E-state index contributed by atoms with van der Waals surface area (Å²) in [5, 5.41) is 10.1. The summed E-state index contributed by atoms with van der Waals surface area (Å²) in [6, 6.07) is 0. The average molecular weight is 230 g/mol. The molecule has 0 radical (unpaired) electrons. The van der Waals surface area contributed by atoms with Crippen molar-refractivity contribution in [1.29, 1.82) is 0 Å². The van der Waals surface area contributed by atoms with E-state index in [9.17, 15) is 5.11 Å². The van der Waals surface area contributed by atoms with Crippen LogP contribution in [0.3, 0.4) is 0 Å². The molecule has 0 aromatic heterocycles. The van der Waals surface area contributed by atoms with Gasteiger partial charge in [0.2, 0.25) is 0 Å². The van der Waals surface area contributed by atoms with Crippen LogP contribution in [0.25, 0.3) is 0 Å². The molecule has 1 saturated carbocycles. The second-order valence-electron chi connectivity index (χ2n) is 6.27. The smallest absolute Gasteiger partial charge is 0.192 e. The highest BCUT2D eigenvalue weighted by Crippen LogP contribution is 2.39. The van der Waals surface area contributed by atoms with Crippen molar-refractivity contribution in [2.24, 2.45) is 0 Å². The molecule has 1 aliphatic carbocycles. The van der Waals surface area contributed by atoms with Crippen LogP contribution in [0.15, 0.2) is 0 Å². The van der Waals surface area contributed by atoms with Gasteiger partial charge in [-0.05, 0) is 31.0 Å². The Morgan fingerprint density at radius 1 is 1.13 bits per heavy atom. The summed E-state index contributed by atoms with van der Waals surface area (Å²) < 4.78 is 6.24. The Kier molecular flexibility index (Phi) is 4.01. The largest absolute Gasteiger partial charge is 0.411 e. The molecule has 1 fully saturated rings. The first-order chi connectivity index (χ1) is 6.74. The lowest BCUT2D eigenvalue weighted by molar-refractivity contribution is -0.000962. The third-order valence-electron chi connectivity index (χ3n) is 3.92. The minimum absolute atomic E-state index is 0.0969. The second-order valence-corrected chi connectivity index (χ2v) is 11.0. The topological polar surface area (TPSA) is 29.5 Å². The molecular formula is C12H26O2Si. The van der Waals surface area contributed by atoms with Gasteiger partial charge in [-0.2, -0.15) is 0 Å². The monoisotopic (exact) mass is 230 g/mol. The predicted octanol–water partition coefficient (Wildman–Crippen LogP) is 3.31. The summed E-state index contributed by atoms with van der Waals surface area (Å²) in [4.78, 5) is 0. The van der Waals surface area contributed by atoms with E-state index in [0.29, 0.717) is 0 Å². The van der Waals surface area contributed by atoms with Gasteiger partial charge in [-0.1, -0.05) is 33.6 Å². The first-order valence-corrected chi connectivity index (χ1v) is 9.01. The van der Waals surface area contributed by atoms with Crippen LogP contribution in [0.4, 0.5) is 0 Å². The van der Waals surface area contributed by atoms with E-state index >= 15 is 0 Å². The first kappa shape index (κ1) is 13.2. The maximum Gasteiger partial charge on any atom is 0.192 e. The van der Waals surface area contributed by atoms with Gasteiger partial charge >= 0.3 is 0 Å². The van der Waals surface area contributed by atoms with Crippen LogP contribution in [-0.2, 0) is 4.43 Å². The molecule has 0 aromatic carbocycles. The van der Waals surface area contributed by atoms with Crippen LogP contribution in [0, 0.1) is 0 Å². The molecule has 0 aliphatic heterocycles. The fourth-order valence-corrected chi connectivity index (χ4v) is 3.16. The molecule has 0 heterocycles. The number of hydrogen-bond acceptors (Lipinski definition) is 2. The molecule has 0 amide bonds. The van der Waals surface area contributed by atoms with Crippen LogP contribution < -0.4 is 0 Å². The van der Waals surface area contributed by atoms with Crippen LogP contribution in [-0.4, -0.2) is 25.6 Å². The number of hydrogen-bond donors (Lipinski definition) is 1. The summed E-state index contributed by atoms with van der Waals surface area (Å²) >= 11 is 0. The predicted molar refractivity (Wildman–Crippen MR) is 66.5 cm³/mol. The number of aliphatic hydroxyl groups excluding tert-OH is 1. The summed E-state index contributed by atoms with van der Waals surface area (Å²) in [5.74, 6) is 0. The fourth-order valence-electron chi connectivity index (χ4n) is 1.77. The van der Waals surface area contributed by atoms with Gasteiger partial charge < -0.3 is 9.53 Å². The van der Waals surface area contributed by atoms with E-state index in [4.69, 9.17) is 4.43 Å². The highest BCUT2D eigenvalue weighted by atomic mass is 28.4. The van der Waals surface area contributed by atoms with E-state index in [2.05, 4.69) is 33.9 Å². The van der Waals surface area contributed by atoms with E-state index in [1.807, 2.05) is 0 Å². The van der Waals surface area contributed by atoms with Crippen LogP contribution in [0.5, 0.6) is 0 Å². The van der Waals surface area contributed by atoms with Gasteiger partial charge in [0.15, 0.2) is 8.32 Å². The molecule has 1 aliphatic rings. The minimum atomic E-state index is -1.69. The van der Waals surface area contributed by atoms with Crippen LogP contribution >= 0.6 is 0 Å². The van der Waals surface area contributed by atoms with Crippen LogP contribution in [0.2, 0.25) is 18.1 Å². The molecule has 3 heteroatoms. The van der Waals surface area contributed by atoms with Gasteiger partial charge in [-0.15, -0.1) is 0 Å². The molecule has 0 bridgehead atoms. The van der Waals surface area contributed by atoms with Crippen LogP contribution in [0.1, 0.15) is 46.5 Å². The molecule has 0 spiro atoms. The highest BCUT2D eigenvalue weighted by molar-refractivity contribution is 6.74. The van der Waals surface area contributed by atoms with Crippen molar-refractivity contribution in [3.63, 3.8) is 0 Å². The van der Waals surface area contributed by atoms with Crippen molar-refractivity contribution in [3.05, 3.63) is 0 Å². The van der Waals surface area contributed by atoms with Gasteiger partial charge in [0, 0.05) is 0 Å². The third kappa shape index (κ3) is 3.30.